The summed E-state index contributed by atoms with van der Waals surface area (Å²) in [4.78, 5) is 168. The number of aliphatic hydroxyl groups excluding tert-OH is 4. The third-order valence-electron chi connectivity index (χ3n) is 14.5. The van der Waals surface area contributed by atoms with E-state index >= 15 is 0 Å². The van der Waals surface area contributed by atoms with E-state index in [-0.39, 0.29) is 51.0 Å². The molecule has 90 heavy (non-hydrogen) atoms. The zero-order chi connectivity index (χ0) is 67.5. The van der Waals surface area contributed by atoms with Crippen LogP contribution in [0, 0.1) is 23.2 Å². The van der Waals surface area contributed by atoms with Crippen molar-refractivity contribution in [1.29, 1.82) is 5.41 Å². The van der Waals surface area contributed by atoms with Crippen LogP contribution in [0.1, 0.15) is 85.3 Å². The highest BCUT2D eigenvalue weighted by Gasteiger charge is 2.40. The molecule has 0 unspecified atom stereocenters. The number of carbonyl (C=O) groups is 12. The first kappa shape index (κ1) is 75.4. The number of nitrogens with one attached hydrogen (secondary N) is 13. The van der Waals surface area contributed by atoms with Crippen LogP contribution in [0.25, 0.3) is 0 Å². The summed E-state index contributed by atoms with van der Waals surface area (Å²) < 4.78 is 0. The van der Waals surface area contributed by atoms with Crippen molar-refractivity contribution in [2.24, 2.45) is 35.0 Å². The van der Waals surface area contributed by atoms with Crippen molar-refractivity contribution in [3.05, 3.63) is 71.8 Å². The van der Waals surface area contributed by atoms with Gasteiger partial charge in [0, 0.05) is 19.5 Å². The van der Waals surface area contributed by atoms with Gasteiger partial charge in [0.2, 0.25) is 70.9 Å². The Morgan fingerprint density at radius 3 is 1.70 bits per heavy atom. The monoisotopic (exact) mass is 1270 g/mol. The van der Waals surface area contributed by atoms with Crippen molar-refractivity contribution >= 4 is 76.8 Å². The molecule has 0 spiro atoms. The van der Waals surface area contributed by atoms with Gasteiger partial charge in [-0.2, -0.15) is 0 Å². The summed E-state index contributed by atoms with van der Waals surface area (Å²) in [5, 5.41) is 79.8. The van der Waals surface area contributed by atoms with E-state index in [1.165, 1.54) is 13.8 Å². The van der Waals surface area contributed by atoms with Gasteiger partial charge >= 0.3 is 0 Å². The van der Waals surface area contributed by atoms with Crippen molar-refractivity contribution in [1.82, 2.24) is 63.8 Å². The molecule has 3 rings (SSSR count). The Labute approximate surface area is 521 Å². The number of carbonyl (C=O) groups excluding carboxylic acids is 12. The van der Waals surface area contributed by atoms with Crippen molar-refractivity contribution in [2.45, 2.75) is 166 Å². The molecular weight excluding hydrogens is 1180 g/mol. The smallest absolute Gasteiger partial charge is 0.248 e. The first-order chi connectivity index (χ1) is 42.4. The fraction of sp³-hybridized carbons (Fsp3) is 0.569. The highest BCUT2D eigenvalue weighted by atomic mass is 16.3. The second-order valence-electron chi connectivity index (χ2n) is 22.8. The van der Waals surface area contributed by atoms with E-state index in [2.05, 4.69) is 53.2 Å². The summed E-state index contributed by atoms with van der Waals surface area (Å²) in [6.07, 6.45) is -6.17. The summed E-state index contributed by atoms with van der Waals surface area (Å²) in [5.74, 6) is -16.5. The molecule has 23 N–H and O–H groups in total. The summed E-state index contributed by atoms with van der Waals surface area (Å²) in [6, 6.07) is -0.452. The molecule has 1 saturated heterocycles. The van der Waals surface area contributed by atoms with E-state index in [4.69, 9.17) is 22.6 Å². The largest absolute Gasteiger partial charge is 0.394 e. The lowest BCUT2D eigenvalue weighted by Crippen LogP contribution is -2.65. The van der Waals surface area contributed by atoms with Gasteiger partial charge in [-0.25, -0.2) is 0 Å². The number of nitrogens with two attached hydrogens (primary N) is 3. The number of guanidine groups is 1. The SMILES string of the molecule is CC[C@H](C)[C@@H]1NC(=O)[C@@H](CCCNC(=N)N)NC(=O)[C@H](CC(C)C)NC(=O)[C@H]([C@H](O)C(C)C)NC(=O)[C@@H](NC(=O)[C@H](Cc2ccccc2)NC(=O)[C@H](N)Cc2ccccc2)CNC(=O)[C@H](CO)NC(=O)[C@H]([C@H](O)C(N)=O)NC(=O)CNC(=O)[C@H]([C@H](C)O)NC1=O. The molecule has 12 amide bonds. The number of rotatable bonds is 22. The van der Waals surface area contributed by atoms with Crippen LogP contribution in [0.5, 0.6) is 0 Å². The Balaban J connectivity index is 2.27. The van der Waals surface area contributed by atoms with E-state index in [1.807, 2.05) is 10.6 Å². The Hall–Kier alpha value is -8.85. The fourth-order valence-corrected chi connectivity index (χ4v) is 9.10. The van der Waals surface area contributed by atoms with E-state index in [0.717, 1.165) is 6.92 Å². The third kappa shape index (κ3) is 24.6. The molecule has 32 nitrogen and oxygen atoms in total. The average Bonchev–Trinajstić information content (AvgIpc) is 2.42. The zero-order valence-corrected chi connectivity index (χ0v) is 51.5. The number of primary amides is 1. The number of hydrogen-bond donors (Lipinski definition) is 20. The molecule has 498 valence electrons. The normalized spacial score (nSPS) is 23.7. The Morgan fingerprint density at radius 2 is 1.16 bits per heavy atom. The molecule has 14 atom stereocenters. The minimum Gasteiger partial charge on any atom is -0.394 e. The first-order valence-corrected chi connectivity index (χ1v) is 29.5. The van der Waals surface area contributed by atoms with Gasteiger partial charge in [-0.1, -0.05) is 109 Å². The van der Waals surface area contributed by atoms with Gasteiger partial charge in [0.1, 0.15) is 54.4 Å². The minimum atomic E-state index is -2.54. The molecule has 0 radical (unpaired) electrons. The molecule has 1 heterocycles. The van der Waals surface area contributed by atoms with Gasteiger partial charge < -0.3 is 101 Å². The molecule has 0 aliphatic carbocycles. The van der Waals surface area contributed by atoms with Crippen molar-refractivity contribution in [2.75, 3.05) is 26.2 Å². The highest BCUT2D eigenvalue weighted by molar-refractivity contribution is 6.00. The number of benzene rings is 2. The molecule has 2 aromatic rings. The van der Waals surface area contributed by atoms with Gasteiger partial charge in [-0.3, -0.25) is 62.9 Å². The highest BCUT2D eigenvalue weighted by Crippen LogP contribution is 2.15. The Kier molecular flexibility index (Phi) is 31.2. The number of hydrogen-bond acceptors (Lipinski definition) is 18. The van der Waals surface area contributed by atoms with Crippen LogP contribution >= 0.6 is 0 Å². The molecular formula is C58H90N16O16. The minimum absolute atomic E-state index is 0.0199. The topological polar surface area (TPSA) is 532 Å². The van der Waals surface area contributed by atoms with Gasteiger partial charge in [0.15, 0.2) is 12.1 Å². The van der Waals surface area contributed by atoms with Gasteiger partial charge in [0.25, 0.3) is 0 Å². The summed E-state index contributed by atoms with van der Waals surface area (Å²) in [5.41, 5.74) is 18.3. The molecule has 0 aromatic heterocycles. The molecule has 2 aromatic carbocycles. The van der Waals surface area contributed by atoms with Gasteiger partial charge in [0.05, 0.1) is 31.4 Å². The zero-order valence-electron chi connectivity index (χ0n) is 51.5. The molecule has 0 saturated carbocycles. The van der Waals surface area contributed by atoms with Crippen LogP contribution < -0.4 is 81.0 Å². The van der Waals surface area contributed by atoms with Crippen LogP contribution in [0.3, 0.4) is 0 Å². The lowest BCUT2D eigenvalue weighted by Gasteiger charge is -2.31. The summed E-state index contributed by atoms with van der Waals surface area (Å²) in [6.45, 7) is 7.46. The Bertz CT molecular complexity index is 2800. The maximum Gasteiger partial charge on any atom is 0.248 e. The van der Waals surface area contributed by atoms with E-state index in [0.29, 0.717) is 11.1 Å². The van der Waals surface area contributed by atoms with E-state index in [9.17, 15) is 78.0 Å². The summed E-state index contributed by atoms with van der Waals surface area (Å²) in [7, 11) is 0. The van der Waals surface area contributed by atoms with Crippen LogP contribution in [-0.2, 0) is 70.4 Å². The maximum atomic E-state index is 14.8. The van der Waals surface area contributed by atoms with Crippen molar-refractivity contribution in [3.63, 3.8) is 0 Å². The number of amides is 12. The second kappa shape index (κ2) is 37.2. The van der Waals surface area contributed by atoms with Gasteiger partial charge in [-0.15, -0.1) is 0 Å². The van der Waals surface area contributed by atoms with Crippen LogP contribution in [-0.4, -0.2) is 202 Å². The lowest BCUT2D eigenvalue weighted by molar-refractivity contribution is -0.140. The third-order valence-corrected chi connectivity index (χ3v) is 14.5. The number of aliphatic hydroxyl groups is 4. The van der Waals surface area contributed by atoms with E-state index in [1.54, 1.807) is 88.4 Å². The predicted octanol–water partition coefficient (Wildman–Crippen LogP) is -7.00. The lowest BCUT2D eigenvalue weighted by atomic mass is 9.96. The Morgan fingerprint density at radius 1 is 0.622 bits per heavy atom. The summed E-state index contributed by atoms with van der Waals surface area (Å²) >= 11 is 0. The second-order valence-corrected chi connectivity index (χ2v) is 22.8. The molecule has 1 aliphatic rings. The first-order valence-electron chi connectivity index (χ1n) is 29.5. The van der Waals surface area contributed by atoms with Crippen molar-refractivity contribution < 1.29 is 78.0 Å². The standard InChI is InChI=1S/C58H90N16O16/c1-8-30(6)41-55(88)73-42(31(7)76)54(87)65-26-40(77)71-44(46(79)47(60)80)57(90)70-39(27-75)49(82)64-25-38(69-52(85)37(24-33-18-13-10-14-19-33)67-48(81)34(59)23-32-16-11-9-12-17-32)53(86)74-43(45(78)29(4)5)56(89)68-36(22-28(2)3)51(84)66-35(50(83)72-41)20-15-21-63-58(61)62/h9-14,16-19,28-31,34-39,41-46,75-76,78-79H,8,15,20-27,59H2,1-7H3,(H2,60,80)(H,64,82)(H,65,87)(H,66,84)(H,67,81)(H,68,89)(H,69,85)(H,70,90)(H,71,77)(H,72,83)(H,73,88)(H,74,86)(H4,61,62,63)/t30-,31-,34+,35+,36-,37-,38-,39-,41-,42-,43-,44-,45+,46-/m0/s1. The molecule has 0 bridgehead atoms. The van der Waals surface area contributed by atoms with Crippen LogP contribution in [0.15, 0.2) is 60.7 Å². The van der Waals surface area contributed by atoms with Crippen LogP contribution in [0.2, 0.25) is 0 Å². The molecule has 32 heteroatoms. The molecule has 1 aliphatic heterocycles. The maximum absolute atomic E-state index is 14.8. The quantitative estimate of drug-likeness (QED) is 0.0296. The van der Waals surface area contributed by atoms with Gasteiger partial charge in [-0.05, 0) is 61.5 Å². The predicted molar refractivity (Wildman–Crippen MR) is 325 cm³/mol. The average molecular weight is 1270 g/mol. The molecule has 1 fully saturated rings. The van der Waals surface area contributed by atoms with Crippen LogP contribution in [0.4, 0.5) is 0 Å². The van der Waals surface area contributed by atoms with E-state index < -0.39 is 187 Å². The fourth-order valence-electron chi connectivity index (χ4n) is 9.10. The van der Waals surface area contributed by atoms with Crippen molar-refractivity contribution in [3.8, 4) is 0 Å².